The lowest BCUT2D eigenvalue weighted by atomic mass is 9.89. The van der Waals surface area contributed by atoms with Gasteiger partial charge in [-0.1, -0.05) is 56.1 Å². The highest BCUT2D eigenvalue weighted by Gasteiger charge is 2.62. The summed E-state index contributed by atoms with van der Waals surface area (Å²) in [6.07, 6.45) is 0.127. The van der Waals surface area contributed by atoms with Crippen LogP contribution in [0, 0.1) is 0 Å². The van der Waals surface area contributed by atoms with Gasteiger partial charge in [-0.15, -0.1) is 11.8 Å². The maximum Gasteiger partial charge on any atom is 0.295 e. The first-order chi connectivity index (χ1) is 13.6. The fourth-order valence-corrected chi connectivity index (χ4v) is 5.63. The second-order valence-electron chi connectivity index (χ2n) is 8.12. The van der Waals surface area contributed by atoms with E-state index in [0.29, 0.717) is 26.2 Å². The molecule has 0 aromatic heterocycles. The fourth-order valence-electron chi connectivity index (χ4n) is 3.99. The third kappa shape index (κ3) is 3.07. The average Bonchev–Trinajstić information content (AvgIpc) is 3.01. The Bertz CT molecular complexity index is 1090. The monoisotopic (exact) mass is 447 g/mol. The van der Waals surface area contributed by atoms with Gasteiger partial charge in [0.25, 0.3) is 5.91 Å². The minimum atomic E-state index is -1.43. The number of amides is 1. The number of halogens is 2. The minimum Gasteiger partial charge on any atom is -0.502 e. The van der Waals surface area contributed by atoms with Gasteiger partial charge in [0.2, 0.25) is 0 Å². The lowest BCUT2D eigenvalue weighted by Crippen LogP contribution is -2.50. The predicted molar refractivity (Wildman–Crippen MR) is 118 cm³/mol. The summed E-state index contributed by atoms with van der Waals surface area (Å²) in [5, 5.41) is 11.9. The van der Waals surface area contributed by atoms with Crippen LogP contribution in [0.15, 0.2) is 53.1 Å². The summed E-state index contributed by atoms with van der Waals surface area (Å²) in [6.45, 7) is 5.92. The number of carbonyl (C=O) groups is 2. The Balaban J connectivity index is 2.04. The number of aliphatic hydroxyl groups is 1. The Kier molecular flexibility index (Phi) is 4.76. The molecular formula is C22H19Cl2NO3S. The number of anilines is 1. The largest absolute Gasteiger partial charge is 0.502 e. The number of Topliss-reactive ketones (excluding diaryl/α,β-unsaturated/α-hetero) is 1. The molecule has 0 bridgehead atoms. The lowest BCUT2D eigenvalue weighted by molar-refractivity contribution is -0.124. The van der Waals surface area contributed by atoms with Crippen LogP contribution in [0.4, 0.5) is 5.69 Å². The third-order valence-electron chi connectivity index (χ3n) is 4.97. The van der Waals surface area contributed by atoms with Crippen LogP contribution >= 0.6 is 35.0 Å². The van der Waals surface area contributed by atoms with Gasteiger partial charge in [0.05, 0.1) is 4.91 Å². The first-order valence-corrected chi connectivity index (χ1v) is 10.7. The molecule has 2 aliphatic rings. The van der Waals surface area contributed by atoms with Crippen molar-refractivity contribution in [2.24, 2.45) is 0 Å². The summed E-state index contributed by atoms with van der Waals surface area (Å²) < 4.78 is -0.337. The van der Waals surface area contributed by atoms with E-state index in [9.17, 15) is 14.7 Å². The molecule has 4 nitrogen and oxygen atoms in total. The van der Waals surface area contributed by atoms with Crippen LogP contribution in [0.1, 0.15) is 31.9 Å². The van der Waals surface area contributed by atoms with Gasteiger partial charge in [-0.25, -0.2) is 0 Å². The van der Waals surface area contributed by atoms with Gasteiger partial charge in [0.15, 0.2) is 17.1 Å². The predicted octanol–water partition coefficient (Wildman–Crippen LogP) is 5.66. The molecule has 1 amide bonds. The third-order valence-corrected chi connectivity index (χ3v) is 6.75. The lowest BCUT2D eigenvalue weighted by Gasteiger charge is -2.38. The highest BCUT2D eigenvalue weighted by Crippen LogP contribution is 2.57. The number of rotatable bonds is 2. The molecular weight excluding hydrogens is 429 g/mol. The first-order valence-electron chi connectivity index (χ1n) is 9.11. The molecule has 150 valence electrons. The van der Waals surface area contributed by atoms with E-state index in [1.165, 1.54) is 16.7 Å². The zero-order valence-corrected chi connectivity index (χ0v) is 18.5. The van der Waals surface area contributed by atoms with Crippen molar-refractivity contribution >= 4 is 52.3 Å². The van der Waals surface area contributed by atoms with Crippen LogP contribution < -0.4 is 4.90 Å². The summed E-state index contributed by atoms with van der Waals surface area (Å²) in [4.78, 5) is 28.6. The van der Waals surface area contributed by atoms with Crippen molar-refractivity contribution in [1.29, 1.82) is 0 Å². The van der Waals surface area contributed by atoms with Crippen LogP contribution in [-0.2, 0) is 21.5 Å². The van der Waals surface area contributed by atoms with Crippen LogP contribution in [0.25, 0.3) is 0 Å². The topological polar surface area (TPSA) is 57.6 Å². The number of hydrogen-bond donors (Lipinski definition) is 1. The number of nitrogens with zero attached hydrogens (tertiary/aromatic N) is 1. The first kappa shape index (κ1) is 20.3. The van der Waals surface area contributed by atoms with Crippen molar-refractivity contribution in [1.82, 2.24) is 0 Å². The van der Waals surface area contributed by atoms with Crippen molar-refractivity contribution in [2.45, 2.75) is 37.5 Å². The van der Waals surface area contributed by atoms with Crippen LogP contribution in [0.5, 0.6) is 0 Å². The molecule has 1 atom stereocenters. The zero-order valence-electron chi connectivity index (χ0n) is 16.1. The molecule has 1 aliphatic carbocycles. The van der Waals surface area contributed by atoms with Crippen molar-refractivity contribution in [3.8, 4) is 0 Å². The number of ketones is 1. The molecule has 2 aromatic rings. The van der Waals surface area contributed by atoms with E-state index >= 15 is 0 Å². The summed E-state index contributed by atoms with van der Waals surface area (Å²) in [6, 6.07) is 12.0. The van der Waals surface area contributed by atoms with Gasteiger partial charge in [-0.3, -0.25) is 14.5 Å². The minimum absolute atomic E-state index is 0.127. The maximum atomic E-state index is 13.6. The Labute approximate surface area is 183 Å². The zero-order chi connectivity index (χ0) is 21.1. The summed E-state index contributed by atoms with van der Waals surface area (Å²) in [5.74, 6) is -1.20. The van der Waals surface area contributed by atoms with Gasteiger partial charge >= 0.3 is 0 Å². The maximum absolute atomic E-state index is 13.6. The van der Waals surface area contributed by atoms with Gasteiger partial charge in [-0.05, 0) is 41.5 Å². The summed E-state index contributed by atoms with van der Waals surface area (Å²) in [5.41, 5.74) is 0.443. The highest BCUT2D eigenvalue weighted by atomic mass is 35.5. The fraction of sp³-hybridized carbons (Fsp3) is 0.273. The Morgan fingerprint density at radius 2 is 1.76 bits per heavy atom. The summed E-state index contributed by atoms with van der Waals surface area (Å²) in [7, 11) is 0. The number of thioether (sulfide) groups is 1. The van der Waals surface area contributed by atoms with E-state index < -0.39 is 17.2 Å². The molecule has 1 unspecified atom stereocenters. The van der Waals surface area contributed by atoms with Crippen LogP contribution in [0.2, 0.25) is 10.0 Å². The summed E-state index contributed by atoms with van der Waals surface area (Å²) >= 11 is 13.7. The van der Waals surface area contributed by atoms with E-state index in [0.717, 1.165) is 5.56 Å². The van der Waals surface area contributed by atoms with Crippen molar-refractivity contribution in [3.05, 3.63) is 74.3 Å². The van der Waals surface area contributed by atoms with Gasteiger partial charge in [0.1, 0.15) is 0 Å². The Hall–Kier alpha value is -1.95. The van der Waals surface area contributed by atoms with E-state index in [2.05, 4.69) is 0 Å². The molecule has 0 saturated carbocycles. The molecule has 1 heterocycles. The number of aliphatic hydroxyl groups excluding tert-OH is 1. The van der Waals surface area contributed by atoms with E-state index in [1.54, 1.807) is 42.5 Å². The van der Waals surface area contributed by atoms with E-state index in [4.69, 9.17) is 23.2 Å². The number of carbonyl (C=O) groups excluding carboxylic acids is 2. The highest BCUT2D eigenvalue weighted by molar-refractivity contribution is 8.04. The quantitative estimate of drug-likeness (QED) is 0.644. The molecule has 0 radical (unpaired) electrons. The van der Waals surface area contributed by atoms with Gasteiger partial charge < -0.3 is 5.11 Å². The molecule has 1 N–H and O–H groups in total. The van der Waals surface area contributed by atoms with Crippen LogP contribution in [-0.4, -0.2) is 21.5 Å². The second kappa shape index (κ2) is 6.79. The standard InChI is InChI=1S/C22H19Cl2NO3S/c1-21(2,3)29-19-18(27)20(28)25(15-6-4-5-13(23)11-15)22(19)16-8-7-14(24)9-12(16)10-17(22)26/h4-9,11,27H,10H2,1-3H3. The Morgan fingerprint density at radius 3 is 2.41 bits per heavy atom. The van der Waals surface area contributed by atoms with Crippen molar-refractivity contribution in [3.63, 3.8) is 0 Å². The average molecular weight is 448 g/mol. The number of hydrogen-bond acceptors (Lipinski definition) is 4. The molecule has 4 rings (SSSR count). The van der Waals surface area contributed by atoms with E-state index in [1.807, 2.05) is 20.8 Å². The number of benzene rings is 2. The molecule has 1 aliphatic heterocycles. The molecule has 1 spiro atoms. The van der Waals surface area contributed by atoms with E-state index in [-0.39, 0.29) is 17.0 Å². The Morgan fingerprint density at radius 1 is 1.07 bits per heavy atom. The molecule has 0 saturated heterocycles. The number of fused-ring (bicyclic) bond motifs is 2. The van der Waals surface area contributed by atoms with Crippen molar-refractivity contribution < 1.29 is 14.7 Å². The molecule has 0 fully saturated rings. The second-order valence-corrected chi connectivity index (χ2v) is 10.8. The molecule has 2 aromatic carbocycles. The van der Waals surface area contributed by atoms with Crippen LogP contribution in [0.3, 0.4) is 0 Å². The SMILES string of the molecule is CC(C)(C)SC1=C(O)C(=O)N(c2cccc(Cl)c2)C12C(=O)Cc1cc(Cl)ccc12. The molecule has 7 heteroatoms. The molecule has 29 heavy (non-hydrogen) atoms. The van der Waals surface area contributed by atoms with Gasteiger partial charge in [0, 0.05) is 26.9 Å². The normalized spacial score (nSPS) is 21.5. The van der Waals surface area contributed by atoms with Gasteiger partial charge in [-0.2, -0.15) is 0 Å². The van der Waals surface area contributed by atoms with Crippen molar-refractivity contribution in [2.75, 3.05) is 4.90 Å². The smallest absolute Gasteiger partial charge is 0.295 e.